The molecule has 1 fully saturated rings. The number of nitrogens with zero attached hydrogens (tertiary/aromatic N) is 2. The average Bonchev–Trinajstić information content (AvgIpc) is 2.78. The molecule has 7 heteroatoms. The normalized spacial score (nSPS) is 20.7. The summed E-state index contributed by atoms with van der Waals surface area (Å²) in [6.45, 7) is 11.8. The van der Waals surface area contributed by atoms with Gasteiger partial charge in [-0.2, -0.15) is 0 Å². The first-order chi connectivity index (χ1) is 16.6. The molecular formula is C28H33N3O3S. The lowest BCUT2D eigenvalue weighted by Gasteiger charge is -2.48. The van der Waals surface area contributed by atoms with Gasteiger partial charge in [-0.15, -0.1) is 0 Å². The quantitative estimate of drug-likeness (QED) is 0.348. The molecule has 2 amide bonds. The van der Waals surface area contributed by atoms with Gasteiger partial charge in [-0.05, 0) is 87.2 Å². The Morgan fingerprint density at radius 2 is 1.97 bits per heavy atom. The fourth-order valence-electron chi connectivity index (χ4n) is 5.28. The maximum atomic E-state index is 13.5. The number of carbonyl (C=O) groups excluding carboxylic acids is 2. The van der Waals surface area contributed by atoms with E-state index in [4.69, 9.17) is 17.0 Å². The van der Waals surface area contributed by atoms with Gasteiger partial charge in [-0.25, -0.2) is 0 Å². The van der Waals surface area contributed by atoms with E-state index in [9.17, 15) is 9.59 Å². The van der Waals surface area contributed by atoms with Crippen LogP contribution < -0.4 is 19.9 Å². The second kappa shape index (κ2) is 9.46. The van der Waals surface area contributed by atoms with Gasteiger partial charge in [0.25, 0.3) is 11.8 Å². The summed E-state index contributed by atoms with van der Waals surface area (Å²) >= 11 is 5.34. The van der Waals surface area contributed by atoms with Crippen LogP contribution in [0.5, 0.6) is 5.75 Å². The van der Waals surface area contributed by atoms with Gasteiger partial charge in [0.1, 0.15) is 11.3 Å². The van der Waals surface area contributed by atoms with Crippen LogP contribution in [0.3, 0.4) is 0 Å². The molecule has 0 saturated carbocycles. The molecule has 0 spiro atoms. The standard InChI is InChI=1S/C28H33N3O3S/c1-7-11-30-23-15-24(34-6)19(13-21(23)18(3)16-28(30,4)5)14-22-25(32)29-27(35)31(26(22)33)20-10-8-9-17(2)12-20/h8-10,12-15,18H,7,11,16H2,1-6H3,(H,29,32,35)/b22-14-. The Balaban J connectivity index is 1.81. The van der Waals surface area contributed by atoms with Crippen molar-refractivity contribution in [2.75, 3.05) is 23.5 Å². The maximum Gasteiger partial charge on any atom is 0.270 e. The van der Waals surface area contributed by atoms with Gasteiger partial charge in [-0.3, -0.25) is 19.8 Å². The molecule has 35 heavy (non-hydrogen) atoms. The fraction of sp³-hybridized carbons (Fsp3) is 0.393. The van der Waals surface area contributed by atoms with Crippen molar-refractivity contribution in [3.05, 3.63) is 58.7 Å². The van der Waals surface area contributed by atoms with E-state index in [1.54, 1.807) is 19.3 Å². The van der Waals surface area contributed by atoms with E-state index in [1.807, 2.05) is 31.2 Å². The SMILES string of the molecule is CCCN1c2cc(OC)c(/C=C3/C(=O)NC(=S)N(c4cccc(C)c4)C3=O)cc2C(C)CC1(C)C. The van der Waals surface area contributed by atoms with E-state index in [2.05, 4.69) is 44.0 Å². The topological polar surface area (TPSA) is 61.9 Å². The third-order valence-corrected chi connectivity index (χ3v) is 7.13. The smallest absolute Gasteiger partial charge is 0.270 e. The van der Waals surface area contributed by atoms with E-state index in [0.717, 1.165) is 30.6 Å². The highest BCUT2D eigenvalue weighted by Gasteiger charge is 2.38. The van der Waals surface area contributed by atoms with E-state index < -0.39 is 11.8 Å². The number of hydrogen-bond donors (Lipinski definition) is 1. The van der Waals surface area contributed by atoms with Crippen LogP contribution in [0.25, 0.3) is 6.08 Å². The number of fused-ring (bicyclic) bond motifs is 1. The van der Waals surface area contributed by atoms with Crippen molar-refractivity contribution in [1.29, 1.82) is 0 Å². The highest BCUT2D eigenvalue weighted by molar-refractivity contribution is 7.80. The van der Waals surface area contributed by atoms with Crippen LogP contribution in [0, 0.1) is 6.92 Å². The van der Waals surface area contributed by atoms with Crippen LogP contribution in [0.1, 0.15) is 63.1 Å². The highest BCUT2D eigenvalue weighted by Crippen LogP contribution is 2.46. The molecule has 0 aromatic heterocycles. The number of thiocarbonyl (C=S) groups is 1. The predicted molar refractivity (Wildman–Crippen MR) is 145 cm³/mol. The molecule has 4 rings (SSSR count). The van der Waals surface area contributed by atoms with Gasteiger partial charge >= 0.3 is 0 Å². The lowest BCUT2D eigenvalue weighted by atomic mass is 9.79. The van der Waals surface area contributed by atoms with Crippen LogP contribution in [-0.4, -0.2) is 36.1 Å². The zero-order valence-electron chi connectivity index (χ0n) is 21.3. The van der Waals surface area contributed by atoms with Crippen molar-refractivity contribution >= 4 is 46.6 Å². The number of aryl methyl sites for hydroxylation is 1. The zero-order valence-corrected chi connectivity index (χ0v) is 22.1. The third kappa shape index (κ3) is 4.57. The molecule has 0 radical (unpaired) electrons. The van der Waals surface area contributed by atoms with E-state index >= 15 is 0 Å². The molecule has 2 aliphatic rings. The Morgan fingerprint density at radius 3 is 2.63 bits per heavy atom. The summed E-state index contributed by atoms with van der Waals surface area (Å²) in [6.07, 6.45) is 3.67. The molecule has 0 bridgehead atoms. The summed E-state index contributed by atoms with van der Waals surface area (Å²) in [4.78, 5) is 30.2. The largest absolute Gasteiger partial charge is 0.496 e. The van der Waals surface area contributed by atoms with E-state index in [-0.39, 0.29) is 16.2 Å². The Kier molecular flexibility index (Phi) is 6.73. The van der Waals surface area contributed by atoms with Crippen molar-refractivity contribution in [3.8, 4) is 5.75 Å². The minimum atomic E-state index is -0.509. The monoisotopic (exact) mass is 491 g/mol. The van der Waals surface area contributed by atoms with Gasteiger partial charge < -0.3 is 9.64 Å². The number of rotatable bonds is 5. The first kappa shape index (κ1) is 24.9. The van der Waals surface area contributed by atoms with Crippen molar-refractivity contribution in [2.45, 2.75) is 58.9 Å². The minimum Gasteiger partial charge on any atom is -0.496 e. The van der Waals surface area contributed by atoms with Crippen LogP contribution >= 0.6 is 12.2 Å². The van der Waals surface area contributed by atoms with Gasteiger partial charge in [0, 0.05) is 29.4 Å². The first-order valence-corrected chi connectivity index (χ1v) is 12.5. The second-order valence-electron chi connectivity index (χ2n) is 10.0. The molecule has 1 atom stereocenters. The number of nitrogens with one attached hydrogen (secondary N) is 1. The summed E-state index contributed by atoms with van der Waals surface area (Å²) in [5.74, 6) is -0.0158. The first-order valence-electron chi connectivity index (χ1n) is 12.0. The van der Waals surface area contributed by atoms with E-state index in [0.29, 0.717) is 22.9 Å². The summed E-state index contributed by atoms with van der Waals surface area (Å²) in [5.41, 5.74) is 4.70. The summed E-state index contributed by atoms with van der Waals surface area (Å²) in [5, 5.41) is 2.75. The molecule has 184 valence electrons. The predicted octanol–water partition coefficient (Wildman–Crippen LogP) is 5.34. The number of carbonyl (C=O) groups is 2. The second-order valence-corrected chi connectivity index (χ2v) is 10.4. The Hall–Kier alpha value is -3.19. The van der Waals surface area contributed by atoms with Gasteiger partial charge in [0.2, 0.25) is 0 Å². The molecule has 2 heterocycles. The third-order valence-electron chi connectivity index (χ3n) is 6.85. The highest BCUT2D eigenvalue weighted by atomic mass is 32.1. The van der Waals surface area contributed by atoms with Crippen molar-refractivity contribution < 1.29 is 14.3 Å². The summed E-state index contributed by atoms with van der Waals surface area (Å²) < 4.78 is 5.75. The number of amides is 2. The lowest BCUT2D eigenvalue weighted by molar-refractivity contribution is -0.122. The Bertz CT molecular complexity index is 1230. The molecular weight excluding hydrogens is 458 g/mol. The van der Waals surface area contributed by atoms with Crippen molar-refractivity contribution in [3.63, 3.8) is 0 Å². The zero-order chi connectivity index (χ0) is 25.5. The summed E-state index contributed by atoms with van der Waals surface area (Å²) in [6, 6.07) is 11.6. The van der Waals surface area contributed by atoms with Gasteiger partial charge in [-0.1, -0.05) is 26.0 Å². The van der Waals surface area contributed by atoms with Crippen LogP contribution in [-0.2, 0) is 9.59 Å². The summed E-state index contributed by atoms with van der Waals surface area (Å²) in [7, 11) is 1.61. The number of ether oxygens (including phenoxy) is 1. The van der Waals surface area contributed by atoms with Crippen molar-refractivity contribution in [1.82, 2.24) is 5.32 Å². The average molecular weight is 492 g/mol. The van der Waals surface area contributed by atoms with Crippen LogP contribution in [0.15, 0.2) is 42.0 Å². The molecule has 6 nitrogen and oxygen atoms in total. The Morgan fingerprint density at radius 1 is 1.23 bits per heavy atom. The number of methoxy groups -OCH3 is 1. The number of benzene rings is 2. The van der Waals surface area contributed by atoms with Gasteiger partial charge in [0.05, 0.1) is 12.8 Å². The van der Waals surface area contributed by atoms with Crippen LogP contribution in [0.4, 0.5) is 11.4 Å². The van der Waals surface area contributed by atoms with E-state index in [1.165, 1.54) is 10.5 Å². The molecule has 1 unspecified atom stereocenters. The van der Waals surface area contributed by atoms with Crippen molar-refractivity contribution in [2.24, 2.45) is 0 Å². The molecule has 2 aromatic carbocycles. The Labute approximate surface area is 212 Å². The maximum absolute atomic E-state index is 13.5. The van der Waals surface area contributed by atoms with Crippen LogP contribution in [0.2, 0.25) is 0 Å². The molecule has 2 aromatic rings. The lowest BCUT2D eigenvalue weighted by Crippen LogP contribution is -2.54. The molecule has 2 aliphatic heterocycles. The molecule has 1 N–H and O–H groups in total. The van der Waals surface area contributed by atoms with Gasteiger partial charge in [0.15, 0.2) is 5.11 Å². The number of hydrogen-bond acceptors (Lipinski definition) is 5. The number of anilines is 2. The molecule has 0 aliphatic carbocycles. The molecule has 1 saturated heterocycles. The fourth-order valence-corrected chi connectivity index (χ4v) is 5.56. The minimum absolute atomic E-state index is 0.0209.